The smallest absolute Gasteiger partial charge is 0.462 e. The summed E-state index contributed by atoms with van der Waals surface area (Å²) in [6, 6.07) is 0. The van der Waals surface area contributed by atoms with E-state index in [9.17, 15) is 43.2 Å². The van der Waals surface area contributed by atoms with E-state index in [1.165, 1.54) is 148 Å². The third kappa shape index (κ3) is 63.5. The molecule has 4 unspecified atom stereocenters. The minimum atomic E-state index is -4.95. The second-order valence-corrected chi connectivity index (χ2v) is 30.2. The van der Waals surface area contributed by atoms with Gasteiger partial charge in [0.05, 0.1) is 26.4 Å². The Morgan fingerprint density at radius 1 is 0.311 bits per heavy atom. The third-order valence-electron chi connectivity index (χ3n) is 16.7. The number of rotatable bonds is 68. The topological polar surface area (TPSA) is 237 Å². The van der Waals surface area contributed by atoms with Crippen LogP contribution >= 0.6 is 15.6 Å². The summed E-state index contributed by atoms with van der Waals surface area (Å²) in [4.78, 5) is 72.5. The molecular formula is C71H138O17P2. The zero-order valence-electron chi connectivity index (χ0n) is 58.8. The lowest BCUT2D eigenvalue weighted by Gasteiger charge is -2.21. The first kappa shape index (κ1) is 88.1. The predicted molar refractivity (Wildman–Crippen MR) is 363 cm³/mol. The van der Waals surface area contributed by atoms with Crippen molar-refractivity contribution in [1.82, 2.24) is 0 Å². The van der Waals surface area contributed by atoms with Crippen LogP contribution < -0.4 is 0 Å². The van der Waals surface area contributed by atoms with Gasteiger partial charge in [-0.05, 0) is 49.4 Å². The molecule has 17 nitrogen and oxygen atoms in total. The number of carbonyl (C=O) groups is 4. The highest BCUT2D eigenvalue weighted by Gasteiger charge is 2.30. The number of phosphoric ester groups is 2. The van der Waals surface area contributed by atoms with Crippen molar-refractivity contribution < 1.29 is 80.2 Å². The average molecular weight is 1330 g/mol. The Hall–Kier alpha value is -1.94. The van der Waals surface area contributed by atoms with Gasteiger partial charge in [0.15, 0.2) is 12.2 Å². The van der Waals surface area contributed by atoms with Gasteiger partial charge < -0.3 is 33.8 Å². The summed E-state index contributed by atoms with van der Waals surface area (Å²) in [6.07, 6.45) is 43.3. The van der Waals surface area contributed by atoms with Crippen LogP contribution in [0.25, 0.3) is 0 Å². The van der Waals surface area contributed by atoms with E-state index in [2.05, 4.69) is 55.4 Å². The van der Waals surface area contributed by atoms with E-state index >= 15 is 0 Å². The maximum atomic E-state index is 13.0. The predicted octanol–water partition coefficient (Wildman–Crippen LogP) is 20.1. The number of aliphatic hydroxyl groups is 1. The standard InChI is InChI=1S/C71H138O17P2/c1-9-64(8)50-42-34-29-30-38-46-54-71(76)88-67(58-82-69(74)52-44-36-28-22-25-33-41-49-63(6)7)60-86-90(79,80)84-56-65(72)55-83-89(77,78)85-59-66(57-81-68(73)51-43-35-26-21-20-24-32-40-48-62(4)5)87-70(75)53-45-37-27-19-17-15-13-11-10-12-14-16-18-23-31-39-47-61(2)3/h61-67,72H,9-60H2,1-8H3,(H,77,78)(H,79,80)/t64?,65?,66-,67-/m1/s1. The zero-order valence-corrected chi connectivity index (χ0v) is 60.6. The summed E-state index contributed by atoms with van der Waals surface area (Å²) in [5, 5.41) is 10.6. The molecule has 3 N–H and O–H groups in total. The van der Waals surface area contributed by atoms with Crippen molar-refractivity contribution in [2.75, 3.05) is 39.6 Å². The van der Waals surface area contributed by atoms with Gasteiger partial charge in [-0.1, -0.05) is 299 Å². The van der Waals surface area contributed by atoms with E-state index in [0.717, 1.165) is 114 Å². The first-order valence-corrected chi connectivity index (χ1v) is 39.7. The number of hydrogen-bond acceptors (Lipinski definition) is 15. The van der Waals surface area contributed by atoms with Crippen LogP contribution in [0.1, 0.15) is 351 Å². The lowest BCUT2D eigenvalue weighted by molar-refractivity contribution is -0.161. The van der Waals surface area contributed by atoms with Gasteiger partial charge in [-0.2, -0.15) is 0 Å². The molecule has 0 heterocycles. The molecule has 0 aliphatic heterocycles. The maximum Gasteiger partial charge on any atom is 0.472 e. The summed E-state index contributed by atoms with van der Waals surface area (Å²) >= 11 is 0. The van der Waals surface area contributed by atoms with Crippen LogP contribution in [0.2, 0.25) is 0 Å². The second-order valence-electron chi connectivity index (χ2n) is 27.3. The monoisotopic (exact) mass is 1320 g/mol. The fraction of sp³-hybridized carbons (Fsp3) is 0.944. The molecule has 0 bridgehead atoms. The van der Waals surface area contributed by atoms with Crippen molar-refractivity contribution in [2.24, 2.45) is 23.7 Å². The third-order valence-corrected chi connectivity index (χ3v) is 18.6. The molecule has 0 spiro atoms. The lowest BCUT2D eigenvalue weighted by atomic mass is 10.00. The summed E-state index contributed by atoms with van der Waals surface area (Å²) < 4.78 is 68.3. The molecule has 0 aromatic heterocycles. The van der Waals surface area contributed by atoms with Gasteiger partial charge >= 0.3 is 39.5 Å². The van der Waals surface area contributed by atoms with E-state index in [-0.39, 0.29) is 25.7 Å². The van der Waals surface area contributed by atoms with Crippen LogP contribution in [0.5, 0.6) is 0 Å². The molecule has 0 amide bonds. The minimum absolute atomic E-state index is 0.102. The Morgan fingerprint density at radius 2 is 0.533 bits per heavy atom. The Kier molecular flexibility index (Phi) is 59.4. The van der Waals surface area contributed by atoms with Gasteiger partial charge in [0.1, 0.15) is 19.3 Å². The number of ether oxygens (including phenoxy) is 4. The number of phosphoric acid groups is 2. The molecule has 0 saturated heterocycles. The highest BCUT2D eigenvalue weighted by molar-refractivity contribution is 7.47. The molecule has 19 heteroatoms. The van der Waals surface area contributed by atoms with Gasteiger partial charge in [0, 0.05) is 25.7 Å². The Balaban J connectivity index is 5.21. The highest BCUT2D eigenvalue weighted by atomic mass is 31.2. The molecule has 0 aliphatic rings. The van der Waals surface area contributed by atoms with Crippen molar-refractivity contribution >= 4 is 39.5 Å². The molecule has 0 rings (SSSR count). The number of carbonyl (C=O) groups excluding carboxylic acids is 4. The van der Waals surface area contributed by atoms with Crippen LogP contribution in [-0.4, -0.2) is 96.7 Å². The quantitative estimate of drug-likeness (QED) is 0.0222. The molecule has 0 aromatic rings. The highest BCUT2D eigenvalue weighted by Crippen LogP contribution is 2.45. The molecule has 0 aromatic carbocycles. The van der Waals surface area contributed by atoms with E-state index in [1.54, 1.807) is 0 Å². The van der Waals surface area contributed by atoms with E-state index in [4.69, 9.17) is 37.0 Å². The lowest BCUT2D eigenvalue weighted by Crippen LogP contribution is -2.30. The molecule has 0 saturated carbocycles. The van der Waals surface area contributed by atoms with Crippen molar-refractivity contribution in [3.8, 4) is 0 Å². The Morgan fingerprint density at radius 3 is 0.789 bits per heavy atom. The molecule has 0 aliphatic carbocycles. The van der Waals surface area contributed by atoms with Crippen molar-refractivity contribution in [3.63, 3.8) is 0 Å². The van der Waals surface area contributed by atoms with Gasteiger partial charge in [-0.15, -0.1) is 0 Å². The fourth-order valence-electron chi connectivity index (χ4n) is 10.6. The molecule has 90 heavy (non-hydrogen) atoms. The zero-order chi connectivity index (χ0) is 66.8. The molecule has 6 atom stereocenters. The van der Waals surface area contributed by atoms with E-state index in [0.29, 0.717) is 31.6 Å². The van der Waals surface area contributed by atoms with E-state index in [1.807, 2.05) is 0 Å². The minimum Gasteiger partial charge on any atom is -0.462 e. The molecular weight excluding hydrogens is 1190 g/mol. The summed E-state index contributed by atoms with van der Waals surface area (Å²) in [6.45, 7) is 14.0. The summed E-state index contributed by atoms with van der Waals surface area (Å²) in [5.74, 6) is 0.828. The normalized spacial score (nSPS) is 14.6. The molecule has 0 radical (unpaired) electrons. The van der Waals surface area contributed by atoms with Crippen molar-refractivity contribution in [1.29, 1.82) is 0 Å². The second kappa shape index (κ2) is 60.7. The Labute approximate surface area is 549 Å². The van der Waals surface area contributed by atoms with Gasteiger partial charge in [0.2, 0.25) is 0 Å². The number of esters is 4. The Bertz CT molecular complexity index is 1780. The van der Waals surface area contributed by atoms with Crippen molar-refractivity contribution in [2.45, 2.75) is 369 Å². The van der Waals surface area contributed by atoms with Crippen LogP contribution in [0.15, 0.2) is 0 Å². The number of aliphatic hydroxyl groups excluding tert-OH is 1. The van der Waals surface area contributed by atoms with Crippen LogP contribution in [0.3, 0.4) is 0 Å². The fourth-order valence-corrected chi connectivity index (χ4v) is 12.2. The van der Waals surface area contributed by atoms with Crippen LogP contribution in [-0.2, 0) is 65.4 Å². The van der Waals surface area contributed by atoms with Crippen LogP contribution in [0.4, 0.5) is 0 Å². The molecule has 0 fully saturated rings. The first-order valence-electron chi connectivity index (χ1n) is 36.7. The average Bonchev–Trinajstić information content (AvgIpc) is 3.14. The van der Waals surface area contributed by atoms with Gasteiger partial charge in [-0.3, -0.25) is 37.3 Å². The van der Waals surface area contributed by atoms with Crippen molar-refractivity contribution in [3.05, 3.63) is 0 Å². The van der Waals surface area contributed by atoms with Gasteiger partial charge in [0.25, 0.3) is 0 Å². The summed E-state index contributed by atoms with van der Waals surface area (Å²) in [7, 11) is -9.90. The maximum absolute atomic E-state index is 13.0. The van der Waals surface area contributed by atoms with Gasteiger partial charge in [-0.25, -0.2) is 9.13 Å². The molecule has 534 valence electrons. The largest absolute Gasteiger partial charge is 0.472 e. The number of unbranched alkanes of at least 4 members (excludes halogenated alkanes) is 33. The summed E-state index contributed by atoms with van der Waals surface area (Å²) in [5.41, 5.74) is 0. The number of hydrogen-bond donors (Lipinski definition) is 3. The first-order chi connectivity index (χ1) is 43.1. The van der Waals surface area contributed by atoms with E-state index < -0.39 is 97.5 Å². The van der Waals surface area contributed by atoms with Crippen LogP contribution in [0, 0.1) is 23.7 Å². The SMILES string of the molecule is CCC(C)CCCCCCCCC(=O)O[C@H](COC(=O)CCCCCCCCCC(C)C)COP(=O)(O)OCC(O)COP(=O)(O)OC[C@@H](COC(=O)CCCCCCCCCCC(C)C)OC(=O)CCCCCCCCCCCCCCCCCCC(C)C.